The summed E-state index contributed by atoms with van der Waals surface area (Å²) in [4.78, 5) is 26.7. The molecule has 1 aromatic rings. The van der Waals surface area contributed by atoms with Gasteiger partial charge >= 0.3 is 0 Å². The number of nitrogens with one attached hydrogen (secondary N) is 1. The molecule has 2 heterocycles. The third-order valence-electron chi connectivity index (χ3n) is 5.36. The first-order valence-electron chi connectivity index (χ1n) is 8.79. The number of aryl methyl sites for hydroxylation is 1. The molecule has 0 unspecified atom stereocenters. The van der Waals surface area contributed by atoms with Gasteiger partial charge in [0.05, 0.1) is 6.54 Å². The Kier molecular flexibility index (Phi) is 5.19. The van der Waals surface area contributed by atoms with E-state index in [1.165, 1.54) is 6.42 Å². The molecule has 5 heteroatoms. The van der Waals surface area contributed by atoms with Gasteiger partial charge in [-0.15, -0.1) is 0 Å². The summed E-state index contributed by atoms with van der Waals surface area (Å²) in [6, 6.07) is 7.42. The molecule has 5 nitrogen and oxygen atoms in total. The fraction of sp³-hybridized carbons (Fsp3) is 0.579. The van der Waals surface area contributed by atoms with Crippen LogP contribution >= 0.6 is 0 Å². The molecule has 2 amide bonds. The number of hydrogen-bond donors (Lipinski definition) is 1. The van der Waals surface area contributed by atoms with Gasteiger partial charge in [0, 0.05) is 31.9 Å². The van der Waals surface area contributed by atoms with Gasteiger partial charge in [-0.05, 0) is 49.7 Å². The van der Waals surface area contributed by atoms with Gasteiger partial charge in [-0.1, -0.05) is 18.2 Å². The van der Waals surface area contributed by atoms with Crippen molar-refractivity contribution < 1.29 is 14.3 Å². The third kappa shape index (κ3) is 3.78. The summed E-state index contributed by atoms with van der Waals surface area (Å²) >= 11 is 0. The number of ether oxygens (including phenoxy) is 1. The van der Waals surface area contributed by atoms with Crippen LogP contribution in [0.5, 0.6) is 0 Å². The molecule has 0 saturated carbocycles. The Bertz CT molecular complexity index is 603. The maximum absolute atomic E-state index is 12.5. The molecule has 0 aromatic heterocycles. The molecular weight excluding hydrogens is 304 g/mol. The molecule has 1 N–H and O–H groups in total. The van der Waals surface area contributed by atoms with E-state index in [1.54, 1.807) is 6.07 Å². The lowest BCUT2D eigenvalue weighted by Crippen LogP contribution is -2.50. The van der Waals surface area contributed by atoms with Crippen LogP contribution in [0.4, 0.5) is 0 Å². The first kappa shape index (κ1) is 17.0. The first-order chi connectivity index (χ1) is 11.6. The quantitative estimate of drug-likeness (QED) is 0.924. The van der Waals surface area contributed by atoms with Crippen molar-refractivity contribution in [2.75, 3.05) is 32.8 Å². The Labute approximate surface area is 143 Å². The molecule has 2 aliphatic rings. The van der Waals surface area contributed by atoms with Crippen molar-refractivity contribution in [1.29, 1.82) is 0 Å². The summed E-state index contributed by atoms with van der Waals surface area (Å²) in [7, 11) is 0. The molecule has 0 bridgehead atoms. The van der Waals surface area contributed by atoms with Crippen LogP contribution in [0.3, 0.4) is 0 Å². The third-order valence-corrected chi connectivity index (χ3v) is 5.36. The maximum atomic E-state index is 12.5. The van der Waals surface area contributed by atoms with Gasteiger partial charge in [-0.2, -0.15) is 0 Å². The molecule has 130 valence electrons. The van der Waals surface area contributed by atoms with E-state index in [0.29, 0.717) is 5.56 Å². The highest BCUT2D eigenvalue weighted by atomic mass is 16.5. The Morgan fingerprint density at radius 3 is 2.71 bits per heavy atom. The number of amides is 2. The van der Waals surface area contributed by atoms with Crippen LogP contribution in [-0.2, 0) is 9.53 Å². The van der Waals surface area contributed by atoms with Gasteiger partial charge in [-0.3, -0.25) is 9.59 Å². The zero-order chi connectivity index (χ0) is 17.0. The zero-order valence-electron chi connectivity index (χ0n) is 14.3. The first-order valence-corrected chi connectivity index (χ1v) is 8.79. The van der Waals surface area contributed by atoms with Crippen molar-refractivity contribution in [1.82, 2.24) is 10.2 Å². The van der Waals surface area contributed by atoms with Crippen LogP contribution in [0.1, 0.15) is 41.6 Å². The van der Waals surface area contributed by atoms with Crippen molar-refractivity contribution in [3.8, 4) is 0 Å². The second-order valence-electron chi connectivity index (χ2n) is 7.03. The van der Waals surface area contributed by atoms with E-state index >= 15 is 0 Å². The minimum atomic E-state index is -0.181. The van der Waals surface area contributed by atoms with E-state index < -0.39 is 0 Å². The smallest absolute Gasteiger partial charge is 0.251 e. The van der Waals surface area contributed by atoms with Crippen LogP contribution in [0, 0.1) is 12.3 Å². The molecule has 0 radical (unpaired) electrons. The zero-order valence-corrected chi connectivity index (χ0v) is 14.3. The molecule has 1 aromatic carbocycles. The molecule has 24 heavy (non-hydrogen) atoms. The molecular formula is C19H26N2O3. The molecule has 1 spiro atoms. The summed E-state index contributed by atoms with van der Waals surface area (Å²) in [6.07, 6.45) is 4.28. The maximum Gasteiger partial charge on any atom is 0.251 e. The number of rotatable bonds is 3. The highest BCUT2D eigenvalue weighted by Crippen LogP contribution is 2.39. The Balaban J connectivity index is 1.55. The number of benzene rings is 1. The van der Waals surface area contributed by atoms with Gasteiger partial charge in [0.2, 0.25) is 5.91 Å². The molecule has 0 aliphatic carbocycles. The Morgan fingerprint density at radius 1 is 1.21 bits per heavy atom. The van der Waals surface area contributed by atoms with Crippen LogP contribution < -0.4 is 5.32 Å². The summed E-state index contributed by atoms with van der Waals surface area (Å²) in [5, 5.41) is 2.77. The standard InChI is InChI=1S/C19H26N2O3/c1-15-5-2-3-6-16(15)18(23)20-13-17(22)21-10-4-7-19(14-21)8-11-24-12-9-19/h2-3,5-6H,4,7-14H2,1H3,(H,20,23). The molecule has 2 aliphatic heterocycles. The second-order valence-corrected chi connectivity index (χ2v) is 7.03. The van der Waals surface area contributed by atoms with Crippen molar-refractivity contribution in [2.45, 2.75) is 32.6 Å². The number of nitrogens with zero attached hydrogens (tertiary/aromatic N) is 1. The van der Waals surface area contributed by atoms with Gasteiger partial charge in [-0.25, -0.2) is 0 Å². The number of likely N-dealkylation sites (tertiary alicyclic amines) is 1. The Morgan fingerprint density at radius 2 is 1.96 bits per heavy atom. The molecule has 3 rings (SSSR count). The predicted molar refractivity (Wildman–Crippen MR) is 91.8 cm³/mol. The van der Waals surface area contributed by atoms with Crippen molar-refractivity contribution in [3.63, 3.8) is 0 Å². The van der Waals surface area contributed by atoms with E-state index in [-0.39, 0.29) is 23.8 Å². The number of hydrogen-bond acceptors (Lipinski definition) is 3. The average molecular weight is 330 g/mol. The topological polar surface area (TPSA) is 58.6 Å². The van der Waals surface area contributed by atoms with Crippen LogP contribution in [0.25, 0.3) is 0 Å². The number of carbonyl (C=O) groups excluding carboxylic acids is 2. The minimum absolute atomic E-state index is 0.0162. The lowest BCUT2D eigenvalue weighted by atomic mass is 9.74. The fourth-order valence-electron chi connectivity index (χ4n) is 3.82. The van der Waals surface area contributed by atoms with Crippen molar-refractivity contribution >= 4 is 11.8 Å². The molecule has 0 atom stereocenters. The molecule has 2 fully saturated rings. The average Bonchev–Trinajstić information content (AvgIpc) is 2.60. The SMILES string of the molecule is Cc1ccccc1C(=O)NCC(=O)N1CCCC2(CCOCC2)C1. The summed E-state index contributed by atoms with van der Waals surface area (Å²) in [5.74, 6) is -0.165. The Hall–Kier alpha value is -1.88. The monoisotopic (exact) mass is 330 g/mol. The van der Waals surface area contributed by atoms with Crippen LogP contribution in [0.15, 0.2) is 24.3 Å². The van der Waals surface area contributed by atoms with E-state index in [4.69, 9.17) is 4.74 Å². The number of piperidine rings is 1. The van der Waals surface area contributed by atoms with E-state index in [9.17, 15) is 9.59 Å². The fourth-order valence-corrected chi connectivity index (χ4v) is 3.82. The summed E-state index contributed by atoms with van der Waals surface area (Å²) in [5.41, 5.74) is 1.78. The van der Waals surface area contributed by atoms with Crippen molar-refractivity contribution in [3.05, 3.63) is 35.4 Å². The minimum Gasteiger partial charge on any atom is -0.381 e. The largest absolute Gasteiger partial charge is 0.381 e. The van der Waals surface area contributed by atoms with E-state index in [2.05, 4.69) is 5.32 Å². The summed E-state index contributed by atoms with van der Waals surface area (Å²) < 4.78 is 5.47. The number of carbonyl (C=O) groups is 2. The summed E-state index contributed by atoms with van der Waals surface area (Å²) in [6.45, 7) is 5.16. The highest BCUT2D eigenvalue weighted by Gasteiger charge is 2.38. The van der Waals surface area contributed by atoms with E-state index in [0.717, 1.165) is 51.1 Å². The lowest BCUT2D eigenvalue weighted by molar-refractivity contribution is -0.135. The van der Waals surface area contributed by atoms with Gasteiger partial charge in [0.15, 0.2) is 0 Å². The molecule has 2 saturated heterocycles. The second kappa shape index (κ2) is 7.34. The van der Waals surface area contributed by atoms with E-state index in [1.807, 2.05) is 30.0 Å². The normalized spacial score (nSPS) is 20.0. The van der Waals surface area contributed by atoms with Gasteiger partial charge < -0.3 is 15.0 Å². The van der Waals surface area contributed by atoms with Gasteiger partial charge in [0.1, 0.15) is 0 Å². The van der Waals surface area contributed by atoms with Crippen LogP contribution in [0.2, 0.25) is 0 Å². The lowest BCUT2D eigenvalue weighted by Gasteiger charge is -2.45. The predicted octanol–water partition coefficient (Wildman–Crippen LogP) is 2.14. The van der Waals surface area contributed by atoms with Crippen molar-refractivity contribution in [2.24, 2.45) is 5.41 Å². The highest BCUT2D eigenvalue weighted by molar-refractivity contribution is 5.97. The van der Waals surface area contributed by atoms with Crippen LogP contribution in [-0.4, -0.2) is 49.6 Å². The van der Waals surface area contributed by atoms with Gasteiger partial charge in [0.25, 0.3) is 5.91 Å².